The summed E-state index contributed by atoms with van der Waals surface area (Å²) in [5, 5.41) is 8.84. The van der Waals surface area contributed by atoms with Crippen molar-refractivity contribution in [3.8, 4) is 5.75 Å². The van der Waals surface area contributed by atoms with Gasteiger partial charge in [0.2, 0.25) is 0 Å². The van der Waals surface area contributed by atoms with E-state index in [1.54, 1.807) is 6.07 Å². The van der Waals surface area contributed by atoms with Gasteiger partial charge in [-0.05, 0) is 44.7 Å². The number of aliphatic carboxylic acids is 1. The zero-order valence-electron chi connectivity index (χ0n) is 11.3. The molecule has 4 nitrogen and oxygen atoms in total. The van der Waals surface area contributed by atoms with Gasteiger partial charge in [-0.2, -0.15) is 0 Å². The lowest BCUT2D eigenvalue weighted by Crippen LogP contribution is -2.44. The molecule has 19 heavy (non-hydrogen) atoms. The van der Waals surface area contributed by atoms with E-state index in [4.69, 9.17) is 15.6 Å². The topological polar surface area (TPSA) is 72.5 Å². The van der Waals surface area contributed by atoms with Crippen LogP contribution in [0.4, 0.5) is 4.39 Å². The third-order valence-electron chi connectivity index (χ3n) is 2.99. The Morgan fingerprint density at radius 2 is 2.16 bits per heavy atom. The fourth-order valence-electron chi connectivity index (χ4n) is 1.61. The number of carboxylic acid groups (broad SMARTS) is 1. The van der Waals surface area contributed by atoms with Gasteiger partial charge in [-0.1, -0.05) is 6.07 Å². The fraction of sp³-hybridized carbons (Fsp3) is 0.500. The van der Waals surface area contributed by atoms with E-state index in [0.717, 1.165) is 5.56 Å². The summed E-state index contributed by atoms with van der Waals surface area (Å²) in [5.41, 5.74) is 5.28. The van der Waals surface area contributed by atoms with Crippen LogP contribution >= 0.6 is 0 Å². The Balaban J connectivity index is 2.32. The quantitative estimate of drug-likeness (QED) is 0.746. The van der Waals surface area contributed by atoms with E-state index >= 15 is 0 Å². The molecule has 0 radical (unpaired) electrons. The first-order valence-corrected chi connectivity index (χ1v) is 6.24. The van der Waals surface area contributed by atoms with Crippen molar-refractivity contribution in [2.45, 2.75) is 38.6 Å². The molecule has 0 aliphatic carbocycles. The average Bonchev–Trinajstić information content (AvgIpc) is 2.32. The summed E-state index contributed by atoms with van der Waals surface area (Å²) in [6, 6.07) is 4.39. The molecule has 1 unspecified atom stereocenters. The number of hydrogen-bond donors (Lipinski definition) is 2. The van der Waals surface area contributed by atoms with E-state index in [-0.39, 0.29) is 5.82 Å². The summed E-state index contributed by atoms with van der Waals surface area (Å²) in [4.78, 5) is 10.8. The molecule has 3 N–H and O–H groups in total. The molecule has 0 saturated carbocycles. The number of rotatable bonds is 7. The van der Waals surface area contributed by atoms with Gasteiger partial charge in [0.15, 0.2) is 0 Å². The van der Waals surface area contributed by atoms with Crippen LogP contribution in [0.15, 0.2) is 18.2 Å². The third-order valence-corrected chi connectivity index (χ3v) is 2.99. The molecule has 1 rings (SSSR count). The number of ether oxygens (including phenoxy) is 1. The molecule has 0 saturated heterocycles. The number of unbranched alkanes of at least 4 members (excludes halogenated alkanes) is 1. The number of carbonyl (C=O) groups is 1. The maximum Gasteiger partial charge on any atom is 0.323 e. The number of halogens is 1. The Kier molecular flexibility index (Phi) is 5.30. The van der Waals surface area contributed by atoms with Crippen molar-refractivity contribution in [1.29, 1.82) is 0 Å². The zero-order chi connectivity index (χ0) is 14.5. The van der Waals surface area contributed by atoms with Crippen molar-refractivity contribution in [2.75, 3.05) is 6.61 Å². The lowest BCUT2D eigenvalue weighted by molar-refractivity contribution is -0.142. The number of nitrogens with two attached hydrogens (primary N) is 1. The third kappa shape index (κ3) is 4.87. The molecule has 0 heterocycles. The fourth-order valence-corrected chi connectivity index (χ4v) is 1.61. The van der Waals surface area contributed by atoms with E-state index in [0.29, 0.717) is 31.6 Å². The standard InChI is InChI=1S/C14H20FNO3/c1-10-5-6-11(15)9-12(10)19-8-4-3-7-14(2,16)13(17)18/h5-6,9H,3-4,7-8,16H2,1-2H3,(H,17,18). The summed E-state index contributed by atoms with van der Waals surface area (Å²) in [5.74, 6) is -0.816. The minimum atomic E-state index is -1.20. The predicted octanol–water partition coefficient (Wildman–Crippen LogP) is 2.49. The van der Waals surface area contributed by atoms with Crippen molar-refractivity contribution < 1.29 is 19.0 Å². The van der Waals surface area contributed by atoms with Crippen molar-refractivity contribution in [1.82, 2.24) is 0 Å². The normalized spacial score (nSPS) is 13.9. The van der Waals surface area contributed by atoms with Gasteiger partial charge in [0, 0.05) is 6.07 Å². The largest absolute Gasteiger partial charge is 0.493 e. The zero-order valence-corrected chi connectivity index (χ0v) is 11.3. The van der Waals surface area contributed by atoms with Crippen LogP contribution in [0.2, 0.25) is 0 Å². The van der Waals surface area contributed by atoms with Crippen LogP contribution in [0.3, 0.4) is 0 Å². The average molecular weight is 269 g/mol. The smallest absolute Gasteiger partial charge is 0.323 e. The van der Waals surface area contributed by atoms with Gasteiger partial charge in [0.1, 0.15) is 17.1 Å². The molecule has 0 amide bonds. The van der Waals surface area contributed by atoms with E-state index < -0.39 is 11.5 Å². The number of benzene rings is 1. The molecule has 106 valence electrons. The minimum absolute atomic E-state index is 0.332. The second-order valence-corrected chi connectivity index (χ2v) is 4.94. The predicted molar refractivity (Wildman–Crippen MR) is 70.7 cm³/mol. The lowest BCUT2D eigenvalue weighted by atomic mass is 9.97. The number of hydrogen-bond acceptors (Lipinski definition) is 3. The summed E-state index contributed by atoms with van der Waals surface area (Å²) < 4.78 is 18.5. The second-order valence-electron chi connectivity index (χ2n) is 4.94. The molecule has 0 bridgehead atoms. The van der Waals surface area contributed by atoms with E-state index in [1.807, 2.05) is 6.92 Å². The van der Waals surface area contributed by atoms with Crippen LogP contribution in [0.1, 0.15) is 31.7 Å². The molecule has 0 aromatic heterocycles. The summed E-state index contributed by atoms with van der Waals surface area (Å²) >= 11 is 0. The van der Waals surface area contributed by atoms with Gasteiger partial charge in [-0.15, -0.1) is 0 Å². The molecule has 1 aromatic rings. The Morgan fingerprint density at radius 1 is 1.47 bits per heavy atom. The molecule has 0 aliphatic rings. The first-order chi connectivity index (χ1) is 8.83. The van der Waals surface area contributed by atoms with Gasteiger partial charge < -0.3 is 15.6 Å². The lowest BCUT2D eigenvalue weighted by Gasteiger charge is -2.18. The summed E-state index contributed by atoms with van der Waals surface area (Å²) in [7, 11) is 0. The van der Waals surface area contributed by atoms with E-state index in [1.165, 1.54) is 19.1 Å². The van der Waals surface area contributed by atoms with Gasteiger partial charge >= 0.3 is 5.97 Å². The Labute approximate surface area is 112 Å². The maximum atomic E-state index is 13.0. The van der Waals surface area contributed by atoms with Gasteiger partial charge in [0.25, 0.3) is 0 Å². The van der Waals surface area contributed by atoms with Gasteiger partial charge in [-0.3, -0.25) is 4.79 Å². The van der Waals surface area contributed by atoms with Crippen LogP contribution in [0.25, 0.3) is 0 Å². The van der Waals surface area contributed by atoms with Crippen molar-refractivity contribution in [3.63, 3.8) is 0 Å². The first-order valence-electron chi connectivity index (χ1n) is 6.24. The van der Waals surface area contributed by atoms with Crippen LogP contribution < -0.4 is 10.5 Å². The van der Waals surface area contributed by atoms with Crippen LogP contribution in [0.5, 0.6) is 5.75 Å². The molecular weight excluding hydrogens is 249 g/mol. The van der Waals surface area contributed by atoms with Crippen LogP contribution in [-0.4, -0.2) is 23.2 Å². The summed E-state index contributed by atoms with van der Waals surface area (Å²) in [6.45, 7) is 3.75. The molecule has 5 heteroatoms. The van der Waals surface area contributed by atoms with E-state index in [9.17, 15) is 9.18 Å². The Hall–Kier alpha value is -1.62. The van der Waals surface area contributed by atoms with Crippen molar-refractivity contribution >= 4 is 5.97 Å². The minimum Gasteiger partial charge on any atom is -0.493 e. The highest BCUT2D eigenvalue weighted by Crippen LogP contribution is 2.19. The van der Waals surface area contributed by atoms with Gasteiger partial charge in [0.05, 0.1) is 6.61 Å². The molecule has 1 aromatic carbocycles. The maximum absolute atomic E-state index is 13.0. The molecule has 1 atom stereocenters. The van der Waals surface area contributed by atoms with Crippen LogP contribution in [-0.2, 0) is 4.79 Å². The summed E-state index contributed by atoms with van der Waals surface area (Å²) in [6.07, 6.45) is 1.71. The van der Waals surface area contributed by atoms with Crippen molar-refractivity contribution in [2.24, 2.45) is 5.73 Å². The first kappa shape index (κ1) is 15.4. The molecular formula is C14H20FNO3. The number of carboxylic acids is 1. The Morgan fingerprint density at radius 3 is 2.79 bits per heavy atom. The number of aryl methyl sites for hydroxylation is 1. The Bertz CT molecular complexity index is 446. The highest BCUT2D eigenvalue weighted by molar-refractivity contribution is 5.77. The highest BCUT2D eigenvalue weighted by Gasteiger charge is 2.26. The molecule has 0 spiro atoms. The monoisotopic (exact) mass is 269 g/mol. The van der Waals surface area contributed by atoms with Crippen molar-refractivity contribution in [3.05, 3.63) is 29.6 Å². The highest BCUT2D eigenvalue weighted by atomic mass is 19.1. The van der Waals surface area contributed by atoms with Crippen LogP contribution in [0, 0.1) is 12.7 Å². The molecule has 0 aliphatic heterocycles. The molecule has 0 fully saturated rings. The van der Waals surface area contributed by atoms with Gasteiger partial charge in [-0.25, -0.2) is 4.39 Å². The van der Waals surface area contributed by atoms with E-state index in [2.05, 4.69) is 0 Å². The second kappa shape index (κ2) is 6.52. The SMILES string of the molecule is Cc1ccc(F)cc1OCCCCC(C)(N)C(=O)O.